The van der Waals surface area contributed by atoms with E-state index in [4.69, 9.17) is 15.2 Å². The number of nitrogen functional groups attached to an aromatic ring is 1. The average Bonchev–Trinajstić information content (AvgIpc) is 2.28. The van der Waals surface area contributed by atoms with Crippen LogP contribution in [0.5, 0.6) is 11.5 Å². The van der Waals surface area contributed by atoms with Gasteiger partial charge in [-0.05, 0) is 24.3 Å². The first-order valence-electron chi connectivity index (χ1n) is 4.49. The number of nitrogens with two attached hydrogens (primary N) is 1. The number of hydrogen-bond acceptors (Lipinski definition) is 3. The molecule has 0 aromatic heterocycles. The van der Waals surface area contributed by atoms with Crippen LogP contribution >= 0.6 is 0 Å². The summed E-state index contributed by atoms with van der Waals surface area (Å²) in [6.45, 7) is 7.27. The van der Waals surface area contributed by atoms with Crippen LogP contribution in [0, 0.1) is 0 Å². The molecular weight excluding hydrogens is 190 g/mol. The fourth-order valence-corrected chi connectivity index (χ4v) is 1.34. The second kappa shape index (κ2) is 3.53. The van der Waals surface area contributed by atoms with E-state index in [1.165, 1.54) is 0 Å². The van der Waals surface area contributed by atoms with Gasteiger partial charge in [0.1, 0.15) is 0 Å². The summed E-state index contributed by atoms with van der Waals surface area (Å²) in [5.74, 6) is 2.19. The molecule has 2 rings (SSSR count). The molecule has 0 aliphatic carbocycles. The van der Waals surface area contributed by atoms with Crippen molar-refractivity contribution in [3.63, 3.8) is 0 Å². The number of anilines is 1. The van der Waals surface area contributed by atoms with Gasteiger partial charge in [0, 0.05) is 0 Å². The van der Waals surface area contributed by atoms with Gasteiger partial charge in [0.15, 0.2) is 23.0 Å². The normalized spacial score (nSPS) is 13.6. The Kier molecular flexibility index (Phi) is 2.21. The van der Waals surface area contributed by atoms with Gasteiger partial charge in [0.25, 0.3) is 0 Å². The van der Waals surface area contributed by atoms with Crippen molar-refractivity contribution in [2.24, 2.45) is 0 Å². The molecule has 1 aromatic rings. The molecule has 1 heterocycles. The van der Waals surface area contributed by atoms with Gasteiger partial charge in [-0.1, -0.05) is 19.2 Å². The van der Waals surface area contributed by atoms with E-state index >= 15 is 0 Å². The van der Waals surface area contributed by atoms with Crippen LogP contribution in [0.3, 0.4) is 0 Å². The van der Waals surface area contributed by atoms with Crippen molar-refractivity contribution >= 4 is 5.69 Å². The molecule has 3 heteroatoms. The van der Waals surface area contributed by atoms with Gasteiger partial charge in [-0.25, -0.2) is 0 Å². The lowest BCUT2D eigenvalue weighted by Crippen LogP contribution is -2.10. The van der Waals surface area contributed by atoms with Gasteiger partial charge in [-0.3, -0.25) is 0 Å². The van der Waals surface area contributed by atoms with E-state index < -0.39 is 0 Å². The Balaban J connectivity index is 2.51. The first-order chi connectivity index (χ1) is 7.26. The van der Waals surface area contributed by atoms with E-state index in [0.29, 0.717) is 28.7 Å². The Morgan fingerprint density at radius 2 is 1.73 bits per heavy atom. The SMILES string of the molecule is C=CC1=C(C=C)Oc2c(N)cccc2O1. The van der Waals surface area contributed by atoms with Crippen LogP contribution in [0.2, 0.25) is 0 Å². The molecule has 3 nitrogen and oxygen atoms in total. The summed E-state index contributed by atoms with van der Waals surface area (Å²) in [7, 11) is 0. The van der Waals surface area contributed by atoms with E-state index in [1.54, 1.807) is 30.4 Å². The quantitative estimate of drug-likeness (QED) is 0.748. The highest BCUT2D eigenvalue weighted by Gasteiger charge is 2.19. The molecular formula is C12H11NO2. The molecule has 0 spiro atoms. The fourth-order valence-electron chi connectivity index (χ4n) is 1.34. The summed E-state index contributed by atoms with van der Waals surface area (Å²) in [5.41, 5.74) is 6.29. The van der Waals surface area contributed by atoms with Crippen LogP contribution in [0.25, 0.3) is 0 Å². The summed E-state index contributed by atoms with van der Waals surface area (Å²) < 4.78 is 11.1. The molecule has 0 saturated heterocycles. The number of benzene rings is 1. The van der Waals surface area contributed by atoms with Crippen LogP contribution in [0.15, 0.2) is 55.0 Å². The zero-order valence-electron chi connectivity index (χ0n) is 8.19. The van der Waals surface area contributed by atoms with E-state index in [9.17, 15) is 0 Å². The first kappa shape index (κ1) is 9.40. The van der Waals surface area contributed by atoms with E-state index in [1.807, 2.05) is 0 Å². The molecule has 76 valence electrons. The lowest BCUT2D eigenvalue weighted by molar-refractivity contribution is 0.318. The monoisotopic (exact) mass is 201 g/mol. The minimum Gasteiger partial charge on any atom is -0.449 e. The number of rotatable bonds is 2. The van der Waals surface area contributed by atoms with Crippen LogP contribution in [-0.2, 0) is 0 Å². The van der Waals surface area contributed by atoms with Crippen LogP contribution in [0.1, 0.15) is 0 Å². The number of allylic oxidation sites excluding steroid dienone is 2. The summed E-state index contributed by atoms with van der Waals surface area (Å²) in [6.07, 6.45) is 3.13. The van der Waals surface area contributed by atoms with Gasteiger partial charge < -0.3 is 15.2 Å². The van der Waals surface area contributed by atoms with E-state index in [-0.39, 0.29) is 0 Å². The molecule has 15 heavy (non-hydrogen) atoms. The van der Waals surface area contributed by atoms with Crippen molar-refractivity contribution < 1.29 is 9.47 Å². The van der Waals surface area contributed by atoms with Crippen LogP contribution in [0.4, 0.5) is 5.69 Å². The Morgan fingerprint density at radius 1 is 1.07 bits per heavy atom. The third kappa shape index (κ3) is 1.48. The molecule has 1 aromatic carbocycles. The van der Waals surface area contributed by atoms with Crippen molar-refractivity contribution in [3.8, 4) is 11.5 Å². The number of ether oxygens (including phenoxy) is 2. The second-order valence-electron chi connectivity index (χ2n) is 3.02. The zero-order chi connectivity index (χ0) is 10.8. The van der Waals surface area contributed by atoms with Crippen LogP contribution in [-0.4, -0.2) is 0 Å². The minimum atomic E-state index is 0.524. The van der Waals surface area contributed by atoms with Gasteiger partial charge in [-0.2, -0.15) is 0 Å². The van der Waals surface area contributed by atoms with Crippen molar-refractivity contribution in [2.45, 2.75) is 0 Å². The van der Waals surface area contributed by atoms with Crippen molar-refractivity contribution in [2.75, 3.05) is 5.73 Å². The van der Waals surface area contributed by atoms with Crippen molar-refractivity contribution in [1.29, 1.82) is 0 Å². The third-order valence-electron chi connectivity index (χ3n) is 2.05. The Hall–Kier alpha value is -2.16. The highest BCUT2D eigenvalue weighted by Crippen LogP contribution is 2.39. The molecule has 0 bridgehead atoms. The number of hydrogen-bond donors (Lipinski definition) is 1. The standard InChI is InChI=1S/C12H11NO2/c1-3-9-10(4-2)15-12-8(13)6-5-7-11(12)14-9/h3-7H,1-2,13H2. The van der Waals surface area contributed by atoms with Gasteiger partial charge in [0.2, 0.25) is 0 Å². The molecule has 1 aliphatic heterocycles. The molecule has 0 unspecified atom stereocenters. The van der Waals surface area contributed by atoms with Crippen molar-refractivity contribution in [1.82, 2.24) is 0 Å². The first-order valence-corrected chi connectivity index (χ1v) is 4.49. The van der Waals surface area contributed by atoms with E-state index in [2.05, 4.69) is 13.2 Å². The van der Waals surface area contributed by atoms with E-state index in [0.717, 1.165) is 0 Å². The topological polar surface area (TPSA) is 44.5 Å². The molecule has 2 N–H and O–H groups in total. The van der Waals surface area contributed by atoms with Crippen molar-refractivity contribution in [3.05, 3.63) is 55.0 Å². The summed E-state index contributed by atoms with van der Waals surface area (Å²) in [5, 5.41) is 0. The lowest BCUT2D eigenvalue weighted by atomic mass is 10.2. The molecule has 0 amide bonds. The number of fused-ring (bicyclic) bond motifs is 1. The van der Waals surface area contributed by atoms with Crippen LogP contribution < -0.4 is 15.2 Å². The fraction of sp³-hybridized carbons (Fsp3) is 0. The highest BCUT2D eigenvalue weighted by molar-refractivity contribution is 5.62. The number of para-hydroxylation sites is 1. The van der Waals surface area contributed by atoms with Gasteiger partial charge in [-0.15, -0.1) is 0 Å². The molecule has 0 saturated carbocycles. The molecule has 0 fully saturated rings. The Labute approximate surface area is 88.1 Å². The predicted octanol–water partition coefficient (Wildman–Crippen LogP) is 2.62. The molecule has 1 aliphatic rings. The maximum absolute atomic E-state index is 5.76. The highest BCUT2D eigenvalue weighted by atomic mass is 16.6. The predicted molar refractivity (Wildman–Crippen MR) is 59.5 cm³/mol. The second-order valence-corrected chi connectivity index (χ2v) is 3.02. The minimum absolute atomic E-state index is 0.524. The Morgan fingerprint density at radius 3 is 2.40 bits per heavy atom. The molecule has 0 atom stereocenters. The largest absolute Gasteiger partial charge is 0.449 e. The van der Waals surface area contributed by atoms with Gasteiger partial charge in [0.05, 0.1) is 5.69 Å². The maximum Gasteiger partial charge on any atom is 0.192 e. The van der Waals surface area contributed by atoms with Gasteiger partial charge >= 0.3 is 0 Å². The molecule has 0 radical (unpaired) electrons. The zero-order valence-corrected chi connectivity index (χ0v) is 8.19. The summed E-state index contributed by atoms with van der Waals surface area (Å²) in [6, 6.07) is 5.34. The third-order valence-corrected chi connectivity index (χ3v) is 2.05. The summed E-state index contributed by atoms with van der Waals surface area (Å²) in [4.78, 5) is 0. The lowest BCUT2D eigenvalue weighted by Gasteiger charge is -2.21. The summed E-state index contributed by atoms with van der Waals surface area (Å²) >= 11 is 0. The maximum atomic E-state index is 5.76. The smallest absolute Gasteiger partial charge is 0.192 e. The Bertz CT molecular complexity index is 461. The average molecular weight is 201 g/mol.